The maximum atomic E-state index is 11.2. The maximum Gasteiger partial charge on any atom is 0.369 e. The maximum absolute atomic E-state index is 11.2. The third kappa shape index (κ3) is 3.78. The number of halogens is 1. The van der Waals surface area contributed by atoms with Crippen LogP contribution in [-0.4, -0.2) is 18.3 Å². The topological polar surface area (TPSA) is 74.5 Å². The standard InChI is InChI=1S/C11H10ClN3O2/c1-2-17-11(16)10(7-13)15-14-9-6-4-3-5-8(9)12/h3-6,14H,2H2,1H3/b15-10+. The summed E-state index contributed by atoms with van der Waals surface area (Å²) in [6.07, 6.45) is 0. The molecule has 0 fully saturated rings. The molecular weight excluding hydrogens is 242 g/mol. The highest BCUT2D eigenvalue weighted by molar-refractivity contribution is 6.43. The first-order chi connectivity index (χ1) is 8.19. The van der Waals surface area contributed by atoms with E-state index in [2.05, 4.69) is 15.3 Å². The number of esters is 1. The molecule has 1 aromatic carbocycles. The van der Waals surface area contributed by atoms with E-state index in [4.69, 9.17) is 16.9 Å². The number of nitriles is 1. The minimum atomic E-state index is -0.769. The number of benzene rings is 1. The van der Waals surface area contributed by atoms with Crippen LogP contribution in [0.2, 0.25) is 5.02 Å². The first-order valence-electron chi connectivity index (χ1n) is 4.84. The van der Waals surface area contributed by atoms with Crippen molar-refractivity contribution in [3.8, 4) is 6.07 Å². The first-order valence-corrected chi connectivity index (χ1v) is 5.22. The Kier molecular flexibility index (Phi) is 4.98. The van der Waals surface area contributed by atoms with Crippen molar-refractivity contribution in [2.75, 3.05) is 12.0 Å². The monoisotopic (exact) mass is 251 g/mol. The molecule has 0 aliphatic carbocycles. The zero-order valence-corrected chi connectivity index (χ0v) is 9.86. The molecule has 5 nitrogen and oxygen atoms in total. The summed E-state index contributed by atoms with van der Waals surface area (Å²) in [5.74, 6) is -0.769. The summed E-state index contributed by atoms with van der Waals surface area (Å²) in [6, 6.07) is 8.49. The molecule has 0 bridgehead atoms. The molecule has 0 radical (unpaired) electrons. The Morgan fingerprint density at radius 2 is 2.29 bits per heavy atom. The van der Waals surface area contributed by atoms with Gasteiger partial charge in [-0.2, -0.15) is 10.4 Å². The minimum absolute atomic E-state index is 0.186. The van der Waals surface area contributed by atoms with E-state index in [0.29, 0.717) is 10.7 Å². The van der Waals surface area contributed by atoms with E-state index in [0.717, 1.165) is 0 Å². The molecule has 0 saturated carbocycles. The quantitative estimate of drug-likeness (QED) is 0.506. The molecule has 0 aliphatic rings. The molecule has 0 aromatic heterocycles. The van der Waals surface area contributed by atoms with Crippen LogP contribution < -0.4 is 5.43 Å². The lowest BCUT2D eigenvalue weighted by atomic mass is 10.3. The van der Waals surface area contributed by atoms with Crippen LogP contribution in [0.5, 0.6) is 0 Å². The average molecular weight is 252 g/mol. The number of para-hydroxylation sites is 1. The van der Waals surface area contributed by atoms with E-state index in [1.54, 1.807) is 37.3 Å². The van der Waals surface area contributed by atoms with E-state index >= 15 is 0 Å². The number of anilines is 1. The smallest absolute Gasteiger partial charge is 0.369 e. The lowest BCUT2D eigenvalue weighted by Crippen LogP contribution is -2.17. The minimum Gasteiger partial charge on any atom is -0.461 e. The molecule has 1 N–H and O–H groups in total. The van der Waals surface area contributed by atoms with Crippen molar-refractivity contribution in [1.82, 2.24) is 0 Å². The molecule has 1 aromatic rings. The van der Waals surface area contributed by atoms with E-state index in [-0.39, 0.29) is 12.3 Å². The van der Waals surface area contributed by atoms with Crippen LogP contribution in [0.25, 0.3) is 0 Å². The number of hydrogen-bond acceptors (Lipinski definition) is 5. The molecule has 17 heavy (non-hydrogen) atoms. The van der Waals surface area contributed by atoms with E-state index in [1.165, 1.54) is 0 Å². The number of carbonyl (C=O) groups is 1. The average Bonchev–Trinajstić information content (AvgIpc) is 2.32. The SMILES string of the molecule is CCOC(=O)/C(C#N)=N/Nc1ccccc1Cl. The Balaban J connectivity index is 2.79. The molecule has 88 valence electrons. The number of rotatable bonds is 4. The van der Waals surface area contributed by atoms with Gasteiger partial charge in [0.2, 0.25) is 5.71 Å². The second-order valence-corrected chi connectivity index (χ2v) is 3.29. The fourth-order valence-corrected chi connectivity index (χ4v) is 1.16. The van der Waals surface area contributed by atoms with Gasteiger partial charge in [-0.15, -0.1) is 0 Å². The summed E-state index contributed by atoms with van der Waals surface area (Å²) in [5.41, 5.74) is 2.69. The van der Waals surface area contributed by atoms with E-state index in [9.17, 15) is 4.79 Å². The van der Waals surface area contributed by atoms with Crippen molar-refractivity contribution in [1.29, 1.82) is 5.26 Å². The Labute approximate surface area is 104 Å². The molecule has 0 amide bonds. The van der Waals surface area contributed by atoms with Crippen molar-refractivity contribution in [3.63, 3.8) is 0 Å². The number of ether oxygens (including phenoxy) is 1. The third-order valence-corrected chi connectivity index (χ3v) is 2.07. The van der Waals surface area contributed by atoms with Gasteiger partial charge in [0.15, 0.2) is 0 Å². The number of nitrogens with one attached hydrogen (secondary N) is 1. The van der Waals surface area contributed by atoms with Crippen LogP contribution in [0, 0.1) is 11.3 Å². The molecule has 0 aliphatic heterocycles. The summed E-state index contributed by atoms with van der Waals surface area (Å²) in [5, 5.41) is 12.8. The van der Waals surface area contributed by atoms with Gasteiger partial charge in [-0.3, -0.25) is 5.43 Å². The van der Waals surface area contributed by atoms with E-state index < -0.39 is 5.97 Å². The zero-order chi connectivity index (χ0) is 12.7. The number of nitrogens with zero attached hydrogens (tertiary/aromatic N) is 2. The molecule has 0 spiro atoms. The Morgan fingerprint density at radius 3 is 2.88 bits per heavy atom. The van der Waals surface area contributed by atoms with Crippen molar-refractivity contribution in [3.05, 3.63) is 29.3 Å². The fraction of sp³-hybridized carbons (Fsp3) is 0.182. The van der Waals surface area contributed by atoms with Gasteiger partial charge in [0.05, 0.1) is 17.3 Å². The normalized spacial score (nSPS) is 10.5. The lowest BCUT2D eigenvalue weighted by Gasteiger charge is -2.03. The van der Waals surface area contributed by atoms with Gasteiger partial charge in [0.1, 0.15) is 6.07 Å². The molecule has 0 unspecified atom stereocenters. The van der Waals surface area contributed by atoms with Crippen LogP contribution in [-0.2, 0) is 9.53 Å². The number of hydrazone groups is 1. The molecule has 6 heteroatoms. The van der Waals surface area contributed by atoms with Crippen molar-refractivity contribution in [2.45, 2.75) is 6.92 Å². The third-order valence-electron chi connectivity index (χ3n) is 1.74. The second-order valence-electron chi connectivity index (χ2n) is 2.88. The molecule has 1 rings (SSSR count). The fourth-order valence-electron chi connectivity index (χ4n) is 0.984. The Bertz CT molecular complexity index is 480. The predicted octanol–water partition coefficient (Wildman–Crippen LogP) is 2.19. The van der Waals surface area contributed by atoms with Crippen molar-refractivity contribution in [2.24, 2.45) is 5.10 Å². The first kappa shape index (κ1) is 13.0. The highest BCUT2D eigenvalue weighted by Crippen LogP contribution is 2.20. The highest BCUT2D eigenvalue weighted by atomic mass is 35.5. The number of hydrogen-bond donors (Lipinski definition) is 1. The van der Waals surface area contributed by atoms with Gasteiger partial charge < -0.3 is 4.74 Å². The van der Waals surface area contributed by atoms with Gasteiger partial charge in [-0.25, -0.2) is 4.79 Å². The summed E-state index contributed by atoms with van der Waals surface area (Å²) in [4.78, 5) is 11.2. The molecule has 0 heterocycles. The summed E-state index contributed by atoms with van der Waals surface area (Å²) >= 11 is 5.86. The van der Waals surface area contributed by atoms with Gasteiger partial charge in [0, 0.05) is 0 Å². The van der Waals surface area contributed by atoms with E-state index in [1.807, 2.05) is 0 Å². The van der Waals surface area contributed by atoms with Crippen molar-refractivity contribution >= 4 is 29.0 Å². The molecule has 0 saturated heterocycles. The van der Waals surface area contributed by atoms with Crippen LogP contribution in [0.3, 0.4) is 0 Å². The number of carbonyl (C=O) groups excluding carboxylic acids is 1. The largest absolute Gasteiger partial charge is 0.461 e. The zero-order valence-electron chi connectivity index (χ0n) is 9.11. The highest BCUT2D eigenvalue weighted by Gasteiger charge is 2.11. The van der Waals surface area contributed by atoms with Gasteiger partial charge in [-0.1, -0.05) is 23.7 Å². The van der Waals surface area contributed by atoms with Crippen LogP contribution in [0.1, 0.15) is 6.92 Å². The van der Waals surface area contributed by atoms with Gasteiger partial charge in [0.25, 0.3) is 0 Å². The van der Waals surface area contributed by atoms with Gasteiger partial charge in [-0.05, 0) is 19.1 Å². The summed E-state index contributed by atoms with van der Waals surface area (Å²) in [7, 11) is 0. The predicted molar refractivity (Wildman–Crippen MR) is 64.8 cm³/mol. The summed E-state index contributed by atoms with van der Waals surface area (Å²) < 4.78 is 4.65. The van der Waals surface area contributed by atoms with Gasteiger partial charge >= 0.3 is 5.97 Å². The lowest BCUT2D eigenvalue weighted by molar-refractivity contribution is -0.134. The molecular formula is C11H10ClN3O2. The summed E-state index contributed by atoms with van der Waals surface area (Å²) in [6.45, 7) is 1.83. The second kappa shape index (κ2) is 6.51. The van der Waals surface area contributed by atoms with Crippen molar-refractivity contribution < 1.29 is 9.53 Å². The Hall–Kier alpha value is -2.06. The van der Waals surface area contributed by atoms with Crippen LogP contribution >= 0.6 is 11.6 Å². The Morgan fingerprint density at radius 1 is 1.59 bits per heavy atom. The van der Waals surface area contributed by atoms with Crippen LogP contribution in [0.4, 0.5) is 5.69 Å². The van der Waals surface area contributed by atoms with Crippen LogP contribution in [0.15, 0.2) is 29.4 Å². The molecule has 0 atom stereocenters.